The van der Waals surface area contributed by atoms with Crippen molar-refractivity contribution in [2.24, 2.45) is 0 Å². The van der Waals surface area contributed by atoms with Gasteiger partial charge in [-0.05, 0) is 50.5 Å². The van der Waals surface area contributed by atoms with Crippen LogP contribution >= 0.6 is 0 Å². The van der Waals surface area contributed by atoms with Gasteiger partial charge in [0.2, 0.25) is 0 Å². The number of carbonyl (C=O) groups is 1. The summed E-state index contributed by atoms with van der Waals surface area (Å²) in [5.74, 6) is 0.734. The fourth-order valence-electron chi connectivity index (χ4n) is 1.88. The first-order chi connectivity index (χ1) is 9.96. The smallest absolute Gasteiger partial charge is 0.256 e. The number of nitrogens with one attached hydrogen (secondary N) is 1. The second kappa shape index (κ2) is 8.03. The average molecular weight is 293 g/mol. The molecular weight excluding hydrogens is 266 g/mol. The van der Waals surface area contributed by atoms with Gasteiger partial charge in [-0.25, -0.2) is 0 Å². The summed E-state index contributed by atoms with van der Waals surface area (Å²) in [5.41, 5.74) is 0.973. The summed E-state index contributed by atoms with van der Waals surface area (Å²) in [5, 5.41) is 2.90. The van der Waals surface area contributed by atoms with Crippen LogP contribution in [0.1, 0.15) is 45.6 Å². The molecule has 1 aromatic rings. The Morgan fingerprint density at radius 3 is 2.57 bits per heavy atom. The molecule has 0 aliphatic carbocycles. The number of methoxy groups -OCH3 is 1. The van der Waals surface area contributed by atoms with Crippen molar-refractivity contribution in [1.82, 2.24) is 0 Å². The number of hydrogen-bond donors (Lipinski definition) is 1. The lowest BCUT2D eigenvalue weighted by Gasteiger charge is -2.25. The van der Waals surface area contributed by atoms with Gasteiger partial charge in [0.15, 0.2) is 0 Å². The lowest BCUT2D eigenvalue weighted by molar-refractivity contribution is -0.136. The number of rotatable bonds is 8. The molecule has 1 aromatic carbocycles. The van der Waals surface area contributed by atoms with E-state index < -0.39 is 5.60 Å². The van der Waals surface area contributed by atoms with Gasteiger partial charge >= 0.3 is 0 Å². The van der Waals surface area contributed by atoms with Gasteiger partial charge in [0, 0.05) is 12.8 Å². The minimum absolute atomic E-state index is 0.133. The first-order valence-electron chi connectivity index (χ1n) is 7.57. The van der Waals surface area contributed by atoms with E-state index in [-0.39, 0.29) is 5.91 Å². The Morgan fingerprint density at radius 2 is 2.05 bits per heavy atom. The second-order valence-electron chi connectivity index (χ2n) is 5.42. The molecule has 0 heterocycles. The Balaban J connectivity index is 2.73. The van der Waals surface area contributed by atoms with Crippen molar-refractivity contribution >= 4 is 11.6 Å². The maximum atomic E-state index is 12.2. The maximum Gasteiger partial charge on any atom is 0.256 e. The van der Waals surface area contributed by atoms with E-state index in [0.29, 0.717) is 6.42 Å². The van der Waals surface area contributed by atoms with Crippen molar-refractivity contribution in [3.05, 3.63) is 23.8 Å². The van der Waals surface area contributed by atoms with Crippen molar-refractivity contribution in [2.75, 3.05) is 19.0 Å². The lowest BCUT2D eigenvalue weighted by atomic mass is 10.0. The van der Waals surface area contributed by atoms with Crippen molar-refractivity contribution in [3.63, 3.8) is 0 Å². The molecule has 0 aliphatic heterocycles. The van der Waals surface area contributed by atoms with Crippen LogP contribution in [0.25, 0.3) is 0 Å². The van der Waals surface area contributed by atoms with E-state index in [0.717, 1.165) is 36.4 Å². The summed E-state index contributed by atoms with van der Waals surface area (Å²) in [6, 6.07) is 5.68. The van der Waals surface area contributed by atoms with Crippen LogP contribution in [0.15, 0.2) is 18.2 Å². The van der Waals surface area contributed by atoms with Crippen molar-refractivity contribution in [2.45, 2.75) is 52.6 Å². The molecule has 1 rings (SSSR count). The molecule has 0 saturated carbocycles. The molecule has 1 atom stereocenters. The van der Waals surface area contributed by atoms with E-state index in [4.69, 9.17) is 9.47 Å². The average Bonchev–Trinajstić information content (AvgIpc) is 2.48. The Labute approximate surface area is 127 Å². The van der Waals surface area contributed by atoms with Crippen LogP contribution in [0.3, 0.4) is 0 Å². The van der Waals surface area contributed by atoms with Crippen LogP contribution in [-0.4, -0.2) is 25.2 Å². The third-order valence-electron chi connectivity index (χ3n) is 3.79. The molecular formula is C17H27NO3. The second-order valence-corrected chi connectivity index (χ2v) is 5.42. The molecule has 4 heteroatoms. The number of anilines is 1. The molecule has 0 aliphatic rings. The summed E-state index contributed by atoms with van der Waals surface area (Å²) in [4.78, 5) is 12.2. The van der Waals surface area contributed by atoms with Gasteiger partial charge in [0.1, 0.15) is 11.4 Å². The highest BCUT2D eigenvalue weighted by atomic mass is 16.5. The SMILES string of the molecule is CCCCOc1ccc(NC(=O)[C@](C)(CC)OC)cc1C. The van der Waals surface area contributed by atoms with E-state index in [1.165, 1.54) is 0 Å². The number of unbranched alkanes of at least 4 members (excludes halogenated alkanes) is 1. The van der Waals surface area contributed by atoms with Crippen LogP contribution in [-0.2, 0) is 9.53 Å². The van der Waals surface area contributed by atoms with Crippen LogP contribution < -0.4 is 10.1 Å². The Morgan fingerprint density at radius 1 is 1.33 bits per heavy atom. The summed E-state index contributed by atoms with van der Waals surface area (Å²) >= 11 is 0. The fraction of sp³-hybridized carbons (Fsp3) is 0.588. The zero-order valence-electron chi connectivity index (χ0n) is 13.8. The highest BCUT2D eigenvalue weighted by molar-refractivity contribution is 5.97. The number of carbonyl (C=O) groups excluding carboxylic acids is 1. The van der Waals surface area contributed by atoms with Crippen LogP contribution in [0.4, 0.5) is 5.69 Å². The number of benzene rings is 1. The minimum atomic E-state index is -0.801. The Bertz CT molecular complexity index is 467. The van der Waals surface area contributed by atoms with Crippen LogP contribution in [0.2, 0.25) is 0 Å². The highest BCUT2D eigenvalue weighted by Crippen LogP contribution is 2.24. The highest BCUT2D eigenvalue weighted by Gasteiger charge is 2.30. The van der Waals surface area contributed by atoms with Gasteiger partial charge in [-0.1, -0.05) is 20.3 Å². The van der Waals surface area contributed by atoms with Crippen LogP contribution in [0, 0.1) is 6.92 Å². The molecule has 0 saturated heterocycles. The van der Waals surface area contributed by atoms with Crippen molar-refractivity contribution in [1.29, 1.82) is 0 Å². The molecule has 0 radical (unpaired) electrons. The number of ether oxygens (including phenoxy) is 2. The number of hydrogen-bond acceptors (Lipinski definition) is 3. The van der Waals surface area contributed by atoms with Gasteiger partial charge in [0.05, 0.1) is 6.61 Å². The van der Waals surface area contributed by atoms with Gasteiger partial charge in [-0.2, -0.15) is 0 Å². The van der Waals surface area contributed by atoms with Gasteiger partial charge < -0.3 is 14.8 Å². The molecule has 1 amide bonds. The summed E-state index contributed by atoms with van der Waals surface area (Å²) in [6.45, 7) is 8.55. The molecule has 0 fully saturated rings. The number of aryl methyl sites for hydroxylation is 1. The van der Waals surface area contributed by atoms with Crippen molar-refractivity contribution in [3.8, 4) is 5.75 Å². The van der Waals surface area contributed by atoms with E-state index in [2.05, 4.69) is 12.2 Å². The molecule has 4 nitrogen and oxygen atoms in total. The summed E-state index contributed by atoms with van der Waals surface area (Å²) in [7, 11) is 1.55. The van der Waals surface area contributed by atoms with E-state index >= 15 is 0 Å². The van der Waals surface area contributed by atoms with Gasteiger partial charge in [-0.15, -0.1) is 0 Å². The predicted octanol–water partition coefficient (Wildman–Crippen LogP) is 3.93. The molecule has 118 valence electrons. The third-order valence-corrected chi connectivity index (χ3v) is 3.79. The first-order valence-corrected chi connectivity index (χ1v) is 7.57. The first kappa shape index (κ1) is 17.5. The van der Waals surface area contributed by atoms with Gasteiger partial charge in [-0.3, -0.25) is 4.79 Å². The maximum absolute atomic E-state index is 12.2. The van der Waals surface area contributed by atoms with Crippen molar-refractivity contribution < 1.29 is 14.3 Å². The topological polar surface area (TPSA) is 47.6 Å². The van der Waals surface area contributed by atoms with Gasteiger partial charge in [0.25, 0.3) is 5.91 Å². The molecule has 0 spiro atoms. The normalized spacial score (nSPS) is 13.6. The van der Waals surface area contributed by atoms with E-state index in [1.54, 1.807) is 14.0 Å². The zero-order valence-corrected chi connectivity index (χ0v) is 13.8. The molecule has 0 aromatic heterocycles. The van der Waals surface area contributed by atoms with Crippen LogP contribution in [0.5, 0.6) is 5.75 Å². The molecule has 21 heavy (non-hydrogen) atoms. The minimum Gasteiger partial charge on any atom is -0.493 e. The molecule has 0 bridgehead atoms. The molecule has 1 N–H and O–H groups in total. The largest absolute Gasteiger partial charge is 0.493 e. The lowest BCUT2D eigenvalue weighted by Crippen LogP contribution is -2.41. The van der Waals surface area contributed by atoms with E-state index in [1.807, 2.05) is 32.0 Å². The third kappa shape index (κ3) is 4.74. The van der Waals surface area contributed by atoms with E-state index in [9.17, 15) is 4.79 Å². The molecule has 0 unspecified atom stereocenters. The predicted molar refractivity (Wildman–Crippen MR) is 85.9 cm³/mol. The Kier molecular flexibility index (Phi) is 6.69. The number of amides is 1. The standard InChI is InChI=1S/C17H27NO3/c1-6-8-11-21-15-10-9-14(12-13(15)3)18-16(19)17(4,7-2)20-5/h9-10,12H,6-8,11H2,1-5H3,(H,18,19)/t17-/m0/s1. The summed E-state index contributed by atoms with van der Waals surface area (Å²) in [6.07, 6.45) is 2.77. The fourth-order valence-corrected chi connectivity index (χ4v) is 1.88. The summed E-state index contributed by atoms with van der Waals surface area (Å²) < 4.78 is 11.0. The zero-order chi connectivity index (χ0) is 15.9. The monoisotopic (exact) mass is 293 g/mol. The Hall–Kier alpha value is -1.55. The quantitative estimate of drug-likeness (QED) is 0.739.